The Morgan fingerprint density at radius 1 is 1.22 bits per heavy atom. The molecule has 2 N–H and O–H groups in total. The molecule has 2 rings (SSSR count). The van der Waals surface area contributed by atoms with Crippen LogP contribution in [0.15, 0.2) is 4.52 Å². The Morgan fingerprint density at radius 3 is 2.39 bits per heavy atom. The first-order valence-electron chi connectivity index (χ1n) is 6.97. The van der Waals surface area contributed by atoms with Crippen molar-refractivity contribution < 1.29 is 4.52 Å². The van der Waals surface area contributed by atoms with Crippen LogP contribution in [0.5, 0.6) is 0 Å². The van der Waals surface area contributed by atoms with Crippen molar-refractivity contribution in [3.8, 4) is 0 Å². The maximum absolute atomic E-state index is 6.14. The summed E-state index contributed by atoms with van der Waals surface area (Å²) >= 11 is 0. The number of hydrogen-bond acceptors (Lipinski definition) is 4. The Kier molecular flexibility index (Phi) is 3.76. The molecular formula is C14H25N3O. The second kappa shape index (κ2) is 5.00. The van der Waals surface area contributed by atoms with Crippen molar-refractivity contribution in [2.24, 2.45) is 17.1 Å². The van der Waals surface area contributed by atoms with Crippen molar-refractivity contribution in [2.75, 3.05) is 0 Å². The van der Waals surface area contributed by atoms with Gasteiger partial charge in [0.15, 0.2) is 5.82 Å². The molecule has 1 aliphatic rings. The lowest BCUT2D eigenvalue weighted by Gasteiger charge is -2.24. The van der Waals surface area contributed by atoms with Gasteiger partial charge in [0.2, 0.25) is 5.89 Å². The standard InChI is InChI=1S/C14H25N3O/c1-9-5-7-10(8-6-9)12-16-13(18-17-12)11(15)14(2,3)4/h9-11H,5-8,15H2,1-4H3/t9?,10?,11-/m1/s1. The third-order valence-corrected chi connectivity index (χ3v) is 4.04. The highest BCUT2D eigenvalue weighted by molar-refractivity contribution is 5.01. The Balaban J connectivity index is 2.06. The molecule has 4 nitrogen and oxygen atoms in total. The van der Waals surface area contributed by atoms with Crippen LogP contribution in [0, 0.1) is 11.3 Å². The van der Waals surface area contributed by atoms with Crippen LogP contribution in [0.3, 0.4) is 0 Å². The Hall–Kier alpha value is -0.900. The molecule has 0 unspecified atom stereocenters. The lowest BCUT2D eigenvalue weighted by Crippen LogP contribution is -2.26. The van der Waals surface area contributed by atoms with Gasteiger partial charge in [-0.05, 0) is 24.2 Å². The van der Waals surface area contributed by atoms with Gasteiger partial charge in [-0.15, -0.1) is 0 Å². The minimum atomic E-state index is -0.193. The van der Waals surface area contributed by atoms with Gasteiger partial charge in [-0.25, -0.2) is 0 Å². The van der Waals surface area contributed by atoms with Crippen LogP contribution in [0.1, 0.15) is 77.1 Å². The van der Waals surface area contributed by atoms with Gasteiger partial charge in [0.1, 0.15) is 0 Å². The van der Waals surface area contributed by atoms with E-state index in [9.17, 15) is 0 Å². The zero-order valence-electron chi connectivity index (χ0n) is 11.9. The van der Waals surface area contributed by atoms with E-state index in [1.54, 1.807) is 0 Å². The molecule has 0 saturated heterocycles. The Labute approximate surface area is 109 Å². The number of rotatable bonds is 2. The summed E-state index contributed by atoms with van der Waals surface area (Å²) in [5.74, 6) is 2.74. The van der Waals surface area contributed by atoms with Gasteiger partial charge in [0, 0.05) is 5.92 Å². The molecule has 1 fully saturated rings. The summed E-state index contributed by atoms with van der Waals surface area (Å²) in [7, 11) is 0. The maximum Gasteiger partial charge on any atom is 0.244 e. The molecule has 0 aromatic carbocycles. The third-order valence-electron chi connectivity index (χ3n) is 4.04. The summed E-state index contributed by atoms with van der Waals surface area (Å²) in [6, 6.07) is -0.193. The van der Waals surface area contributed by atoms with Crippen molar-refractivity contribution in [3.05, 3.63) is 11.7 Å². The van der Waals surface area contributed by atoms with Crippen LogP contribution in [0.2, 0.25) is 0 Å². The fourth-order valence-electron chi connectivity index (χ4n) is 2.43. The zero-order chi connectivity index (χ0) is 13.3. The molecule has 1 aromatic rings. The van der Waals surface area contributed by atoms with Gasteiger partial charge in [-0.3, -0.25) is 0 Å². The molecule has 1 heterocycles. The van der Waals surface area contributed by atoms with Crippen molar-refractivity contribution >= 4 is 0 Å². The smallest absolute Gasteiger partial charge is 0.244 e. The third kappa shape index (κ3) is 2.91. The van der Waals surface area contributed by atoms with E-state index in [-0.39, 0.29) is 11.5 Å². The van der Waals surface area contributed by atoms with E-state index in [0.717, 1.165) is 11.7 Å². The van der Waals surface area contributed by atoms with Gasteiger partial charge in [-0.2, -0.15) is 4.98 Å². The highest BCUT2D eigenvalue weighted by atomic mass is 16.5. The lowest BCUT2D eigenvalue weighted by molar-refractivity contribution is 0.251. The van der Waals surface area contributed by atoms with Crippen LogP contribution in [0.4, 0.5) is 0 Å². The highest BCUT2D eigenvalue weighted by Crippen LogP contribution is 2.35. The monoisotopic (exact) mass is 251 g/mol. The molecule has 0 spiro atoms. The number of hydrogen-bond donors (Lipinski definition) is 1. The molecular weight excluding hydrogens is 226 g/mol. The van der Waals surface area contributed by atoms with Gasteiger partial charge in [0.05, 0.1) is 6.04 Å². The first-order chi connectivity index (χ1) is 8.38. The fourth-order valence-corrected chi connectivity index (χ4v) is 2.43. The fraction of sp³-hybridized carbons (Fsp3) is 0.857. The van der Waals surface area contributed by atoms with E-state index < -0.39 is 0 Å². The molecule has 4 heteroatoms. The predicted molar refractivity (Wildman–Crippen MR) is 71.1 cm³/mol. The topological polar surface area (TPSA) is 64.9 Å². The molecule has 0 aliphatic heterocycles. The normalized spacial score (nSPS) is 27.2. The first-order valence-corrected chi connectivity index (χ1v) is 6.97. The maximum atomic E-state index is 6.14. The molecule has 18 heavy (non-hydrogen) atoms. The van der Waals surface area contributed by atoms with Crippen molar-refractivity contribution in [3.63, 3.8) is 0 Å². The average molecular weight is 251 g/mol. The van der Waals surface area contributed by atoms with Gasteiger partial charge >= 0.3 is 0 Å². The summed E-state index contributed by atoms with van der Waals surface area (Å²) in [6.45, 7) is 8.57. The minimum Gasteiger partial charge on any atom is -0.338 e. The van der Waals surface area contributed by atoms with Crippen LogP contribution >= 0.6 is 0 Å². The van der Waals surface area contributed by atoms with E-state index in [1.807, 2.05) is 0 Å². The summed E-state index contributed by atoms with van der Waals surface area (Å²) in [4.78, 5) is 4.52. The molecule has 0 bridgehead atoms. The second-order valence-electron chi connectivity index (χ2n) is 6.79. The largest absolute Gasteiger partial charge is 0.338 e. The zero-order valence-corrected chi connectivity index (χ0v) is 11.9. The van der Waals surface area contributed by atoms with Gasteiger partial charge in [0.25, 0.3) is 0 Å². The van der Waals surface area contributed by atoms with Crippen molar-refractivity contribution in [1.82, 2.24) is 10.1 Å². The quantitative estimate of drug-likeness (QED) is 0.874. The highest BCUT2D eigenvalue weighted by Gasteiger charge is 2.30. The summed E-state index contributed by atoms with van der Waals surface area (Å²) in [5.41, 5.74) is 6.09. The predicted octanol–water partition coefficient (Wildman–Crippen LogP) is 3.41. The number of nitrogens with two attached hydrogens (primary N) is 1. The SMILES string of the molecule is CC1CCC(c2noc([C@@H](N)C(C)(C)C)n2)CC1. The molecule has 1 aliphatic carbocycles. The van der Waals surface area contributed by atoms with E-state index in [0.29, 0.717) is 11.8 Å². The van der Waals surface area contributed by atoms with Gasteiger partial charge < -0.3 is 10.3 Å². The molecule has 1 aromatic heterocycles. The molecule has 1 atom stereocenters. The lowest BCUT2D eigenvalue weighted by atomic mass is 9.82. The molecule has 1 saturated carbocycles. The van der Waals surface area contributed by atoms with Crippen LogP contribution in [-0.4, -0.2) is 10.1 Å². The molecule has 102 valence electrons. The van der Waals surface area contributed by atoms with Crippen molar-refractivity contribution in [1.29, 1.82) is 0 Å². The molecule has 0 amide bonds. The first kappa shape index (κ1) is 13.5. The van der Waals surface area contributed by atoms with Crippen LogP contribution in [-0.2, 0) is 0 Å². The summed E-state index contributed by atoms with van der Waals surface area (Å²) in [6.07, 6.45) is 4.87. The van der Waals surface area contributed by atoms with E-state index in [1.165, 1.54) is 25.7 Å². The van der Waals surface area contributed by atoms with Crippen LogP contribution < -0.4 is 5.73 Å². The average Bonchev–Trinajstić information content (AvgIpc) is 2.77. The number of nitrogens with zero attached hydrogens (tertiary/aromatic N) is 2. The Bertz CT molecular complexity index is 386. The van der Waals surface area contributed by atoms with Crippen LogP contribution in [0.25, 0.3) is 0 Å². The summed E-state index contributed by atoms with van der Waals surface area (Å²) in [5, 5.41) is 4.13. The molecule has 0 radical (unpaired) electrons. The van der Waals surface area contributed by atoms with Crippen molar-refractivity contribution in [2.45, 2.75) is 65.3 Å². The number of aromatic nitrogens is 2. The van der Waals surface area contributed by atoms with E-state index in [4.69, 9.17) is 10.3 Å². The van der Waals surface area contributed by atoms with E-state index >= 15 is 0 Å². The Morgan fingerprint density at radius 2 is 1.83 bits per heavy atom. The van der Waals surface area contributed by atoms with Gasteiger partial charge in [-0.1, -0.05) is 45.7 Å². The van der Waals surface area contributed by atoms with E-state index in [2.05, 4.69) is 37.8 Å². The minimum absolute atomic E-state index is 0.0507. The summed E-state index contributed by atoms with van der Waals surface area (Å²) < 4.78 is 5.35. The second-order valence-corrected chi connectivity index (χ2v) is 6.79.